The second kappa shape index (κ2) is 5.75. The highest BCUT2D eigenvalue weighted by Gasteiger charge is 2.06. The van der Waals surface area contributed by atoms with Crippen molar-refractivity contribution in [2.45, 2.75) is 46.5 Å². The van der Waals surface area contributed by atoms with Crippen LogP contribution in [0.3, 0.4) is 0 Å². The fourth-order valence-corrected chi connectivity index (χ4v) is 1.92. The van der Waals surface area contributed by atoms with Gasteiger partial charge in [0.05, 0.1) is 0 Å². The van der Waals surface area contributed by atoms with Crippen LogP contribution < -0.4 is 0 Å². The van der Waals surface area contributed by atoms with Crippen molar-refractivity contribution in [2.75, 3.05) is 0 Å². The molecule has 0 saturated carbocycles. The molecule has 0 aliphatic rings. The lowest BCUT2D eigenvalue weighted by Crippen LogP contribution is -1.95. The summed E-state index contributed by atoms with van der Waals surface area (Å²) in [4.78, 5) is 0. The number of hydrogen-bond acceptors (Lipinski definition) is 0. The molecular weight excluding hydrogens is 180 g/mol. The van der Waals surface area contributed by atoms with Crippen molar-refractivity contribution in [3.05, 3.63) is 47.0 Å². The topological polar surface area (TPSA) is 0 Å². The summed E-state index contributed by atoms with van der Waals surface area (Å²) in [6.45, 7) is 8.85. The standard InChI is InChI=1S/C15H22/c1-12(2)8-7-10-14(4)15-11-6-5-9-13(15)3/h5-6,8-9,11,14H,7,10H2,1-4H3/t14-/m0/s1. The van der Waals surface area contributed by atoms with Gasteiger partial charge in [-0.2, -0.15) is 0 Å². The zero-order chi connectivity index (χ0) is 11.3. The Morgan fingerprint density at radius 1 is 1.27 bits per heavy atom. The predicted molar refractivity (Wildman–Crippen MR) is 68.3 cm³/mol. The minimum absolute atomic E-state index is 0.668. The number of rotatable bonds is 4. The summed E-state index contributed by atoms with van der Waals surface area (Å²) in [5.74, 6) is 0.668. The Hall–Kier alpha value is -1.04. The van der Waals surface area contributed by atoms with Gasteiger partial charge in [-0.1, -0.05) is 42.8 Å². The van der Waals surface area contributed by atoms with Gasteiger partial charge in [-0.3, -0.25) is 0 Å². The van der Waals surface area contributed by atoms with Crippen LogP contribution >= 0.6 is 0 Å². The average molecular weight is 202 g/mol. The van der Waals surface area contributed by atoms with Gasteiger partial charge in [0.2, 0.25) is 0 Å². The molecule has 0 fully saturated rings. The number of benzene rings is 1. The van der Waals surface area contributed by atoms with Crippen molar-refractivity contribution >= 4 is 0 Å². The Labute approximate surface area is 94.0 Å². The smallest absolute Gasteiger partial charge is 0.0185 e. The summed E-state index contributed by atoms with van der Waals surface area (Å²) in [5, 5.41) is 0. The zero-order valence-electron chi connectivity index (χ0n) is 10.4. The first-order valence-electron chi connectivity index (χ1n) is 5.80. The summed E-state index contributed by atoms with van der Waals surface area (Å²) in [5.41, 5.74) is 4.34. The van der Waals surface area contributed by atoms with E-state index in [1.807, 2.05) is 0 Å². The summed E-state index contributed by atoms with van der Waals surface area (Å²) < 4.78 is 0. The van der Waals surface area contributed by atoms with E-state index in [-0.39, 0.29) is 0 Å². The molecular formula is C15H22. The van der Waals surface area contributed by atoms with Crippen molar-refractivity contribution < 1.29 is 0 Å². The van der Waals surface area contributed by atoms with E-state index in [0.717, 1.165) is 0 Å². The van der Waals surface area contributed by atoms with Gasteiger partial charge in [0.1, 0.15) is 0 Å². The van der Waals surface area contributed by atoms with Gasteiger partial charge in [0.15, 0.2) is 0 Å². The molecule has 1 rings (SSSR count). The van der Waals surface area contributed by atoms with Crippen LogP contribution in [0.4, 0.5) is 0 Å². The van der Waals surface area contributed by atoms with Crippen LogP contribution in [-0.4, -0.2) is 0 Å². The van der Waals surface area contributed by atoms with E-state index in [1.54, 1.807) is 0 Å². The highest BCUT2D eigenvalue weighted by Crippen LogP contribution is 2.23. The summed E-state index contributed by atoms with van der Waals surface area (Å²) in [6, 6.07) is 8.71. The van der Waals surface area contributed by atoms with E-state index >= 15 is 0 Å². The van der Waals surface area contributed by atoms with E-state index in [9.17, 15) is 0 Å². The van der Waals surface area contributed by atoms with E-state index in [1.165, 1.54) is 29.5 Å². The fourth-order valence-electron chi connectivity index (χ4n) is 1.92. The molecule has 0 bridgehead atoms. The van der Waals surface area contributed by atoms with Crippen molar-refractivity contribution in [1.29, 1.82) is 0 Å². The van der Waals surface area contributed by atoms with Crippen molar-refractivity contribution in [3.8, 4) is 0 Å². The summed E-state index contributed by atoms with van der Waals surface area (Å²) in [6.07, 6.45) is 4.77. The molecule has 0 aliphatic carbocycles. The third-order valence-electron chi connectivity index (χ3n) is 2.87. The van der Waals surface area contributed by atoms with E-state index in [2.05, 4.69) is 58.0 Å². The molecule has 82 valence electrons. The Kier molecular flexibility index (Phi) is 4.61. The van der Waals surface area contributed by atoms with Gasteiger partial charge in [-0.05, 0) is 50.7 Å². The molecule has 1 aromatic carbocycles. The highest BCUT2D eigenvalue weighted by atomic mass is 14.1. The largest absolute Gasteiger partial charge is 0.0859 e. The molecule has 0 N–H and O–H groups in total. The highest BCUT2D eigenvalue weighted by molar-refractivity contribution is 5.28. The number of aryl methyl sites for hydroxylation is 1. The first kappa shape index (κ1) is 12.0. The van der Waals surface area contributed by atoms with Crippen LogP contribution in [0.25, 0.3) is 0 Å². The number of allylic oxidation sites excluding steroid dienone is 2. The average Bonchev–Trinajstić information content (AvgIpc) is 2.17. The minimum atomic E-state index is 0.668. The normalized spacial score (nSPS) is 12.3. The van der Waals surface area contributed by atoms with Crippen molar-refractivity contribution in [3.63, 3.8) is 0 Å². The Morgan fingerprint density at radius 2 is 1.93 bits per heavy atom. The molecule has 0 nitrogen and oxygen atoms in total. The molecule has 0 aliphatic heterocycles. The zero-order valence-corrected chi connectivity index (χ0v) is 10.4. The molecule has 1 atom stereocenters. The van der Waals surface area contributed by atoms with Crippen LogP contribution in [0, 0.1) is 6.92 Å². The number of hydrogen-bond donors (Lipinski definition) is 0. The molecule has 0 spiro atoms. The van der Waals surface area contributed by atoms with Crippen LogP contribution in [0.2, 0.25) is 0 Å². The lowest BCUT2D eigenvalue weighted by molar-refractivity contribution is 0.685. The third kappa shape index (κ3) is 3.91. The van der Waals surface area contributed by atoms with E-state index in [4.69, 9.17) is 0 Å². The maximum absolute atomic E-state index is 2.33. The maximum Gasteiger partial charge on any atom is -0.0185 e. The molecule has 1 aromatic rings. The second-order valence-corrected chi connectivity index (χ2v) is 4.62. The quantitative estimate of drug-likeness (QED) is 0.612. The van der Waals surface area contributed by atoms with Crippen molar-refractivity contribution in [1.82, 2.24) is 0 Å². The van der Waals surface area contributed by atoms with Gasteiger partial charge in [0.25, 0.3) is 0 Å². The van der Waals surface area contributed by atoms with Gasteiger partial charge >= 0.3 is 0 Å². The summed E-state index contributed by atoms with van der Waals surface area (Å²) >= 11 is 0. The minimum Gasteiger partial charge on any atom is -0.0859 e. The van der Waals surface area contributed by atoms with Gasteiger partial charge in [0, 0.05) is 0 Å². The van der Waals surface area contributed by atoms with Crippen LogP contribution in [-0.2, 0) is 0 Å². The molecule has 0 unspecified atom stereocenters. The Morgan fingerprint density at radius 3 is 2.53 bits per heavy atom. The predicted octanol–water partition coefficient (Wildman–Crippen LogP) is 4.84. The summed E-state index contributed by atoms with van der Waals surface area (Å²) in [7, 11) is 0. The maximum atomic E-state index is 2.33. The second-order valence-electron chi connectivity index (χ2n) is 4.62. The first-order chi connectivity index (χ1) is 7.11. The lowest BCUT2D eigenvalue weighted by atomic mass is 9.92. The molecule has 0 heterocycles. The van der Waals surface area contributed by atoms with Gasteiger partial charge in [-0.15, -0.1) is 0 Å². The third-order valence-corrected chi connectivity index (χ3v) is 2.87. The molecule has 0 radical (unpaired) electrons. The molecule has 0 aromatic heterocycles. The van der Waals surface area contributed by atoms with Crippen molar-refractivity contribution in [2.24, 2.45) is 0 Å². The molecule has 0 heteroatoms. The van der Waals surface area contributed by atoms with Gasteiger partial charge < -0.3 is 0 Å². The first-order valence-corrected chi connectivity index (χ1v) is 5.80. The lowest BCUT2D eigenvalue weighted by Gasteiger charge is -2.13. The molecule has 15 heavy (non-hydrogen) atoms. The van der Waals surface area contributed by atoms with E-state index in [0.29, 0.717) is 5.92 Å². The molecule has 0 amide bonds. The van der Waals surface area contributed by atoms with Crippen LogP contribution in [0.1, 0.15) is 50.7 Å². The van der Waals surface area contributed by atoms with E-state index < -0.39 is 0 Å². The Bertz CT molecular complexity index is 330. The Balaban J connectivity index is 2.58. The van der Waals surface area contributed by atoms with Crippen LogP contribution in [0.5, 0.6) is 0 Å². The fraction of sp³-hybridized carbons (Fsp3) is 0.467. The van der Waals surface area contributed by atoms with Crippen LogP contribution in [0.15, 0.2) is 35.9 Å². The monoisotopic (exact) mass is 202 g/mol. The molecule has 0 saturated heterocycles. The SMILES string of the molecule is CC(C)=CCC[C@H](C)c1ccccc1C. The van der Waals surface area contributed by atoms with Gasteiger partial charge in [-0.25, -0.2) is 0 Å².